The largest absolute Gasteiger partial charge is 0.467 e. The number of aromatic nitrogens is 1. The van der Waals surface area contributed by atoms with Crippen molar-refractivity contribution in [1.29, 1.82) is 0 Å². The number of hydrogen-bond donors (Lipinski definition) is 0. The molecule has 0 N–H and O–H groups in total. The molecule has 182 valence electrons. The van der Waals surface area contributed by atoms with E-state index in [1.54, 1.807) is 12.1 Å². The number of sulfonamides is 1. The van der Waals surface area contributed by atoms with E-state index < -0.39 is 21.9 Å². The van der Waals surface area contributed by atoms with Crippen LogP contribution in [0.15, 0.2) is 70.2 Å². The number of aryl methyl sites for hydroxylation is 1. The Morgan fingerprint density at radius 1 is 1.23 bits per heavy atom. The van der Waals surface area contributed by atoms with Gasteiger partial charge in [0.25, 0.3) is 0 Å². The van der Waals surface area contributed by atoms with E-state index >= 15 is 0 Å². The lowest BCUT2D eigenvalue weighted by atomic mass is 10.2. The van der Waals surface area contributed by atoms with Gasteiger partial charge in [-0.3, -0.25) is 9.69 Å². The number of nitrogens with zero attached hydrogens (tertiary/aromatic N) is 3. The second kappa shape index (κ2) is 9.52. The molecule has 1 saturated heterocycles. The van der Waals surface area contributed by atoms with E-state index in [2.05, 4.69) is 18.0 Å². The SMILES string of the molecule is CCc1ccc2nc(N(Cc3ccco3)C(=O)C3CCCN3S(=O)(=O)c3ccc(F)cc3)sc2c1. The molecule has 0 bridgehead atoms. The highest BCUT2D eigenvalue weighted by Gasteiger charge is 2.42. The van der Waals surface area contributed by atoms with Gasteiger partial charge in [-0.15, -0.1) is 0 Å². The Kier molecular flexibility index (Phi) is 6.43. The Hall–Kier alpha value is -3.08. The molecule has 10 heteroatoms. The van der Waals surface area contributed by atoms with Gasteiger partial charge in [0.05, 0.1) is 27.9 Å². The number of carbonyl (C=O) groups is 1. The Labute approximate surface area is 206 Å². The first-order valence-electron chi connectivity index (χ1n) is 11.4. The smallest absolute Gasteiger partial charge is 0.247 e. The van der Waals surface area contributed by atoms with Gasteiger partial charge in [-0.05, 0) is 73.4 Å². The van der Waals surface area contributed by atoms with E-state index in [4.69, 9.17) is 4.42 Å². The molecule has 0 aliphatic carbocycles. The summed E-state index contributed by atoms with van der Waals surface area (Å²) >= 11 is 1.39. The summed E-state index contributed by atoms with van der Waals surface area (Å²) in [4.78, 5) is 20.1. The summed E-state index contributed by atoms with van der Waals surface area (Å²) in [6.45, 7) is 2.42. The summed E-state index contributed by atoms with van der Waals surface area (Å²) in [6.07, 6.45) is 3.35. The summed E-state index contributed by atoms with van der Waals surface area (Å²) in [7, 11) is -3.98. The second-order valence-electron chi connectivity index (χ2n) is 8.38. The fourth-order valence-electron chi connectivity index (χ4n) is 4.29. The summed E-state index contributed by atoms with van der Waals surface area (Å²) in [5, 5.41) is 0.487. The minimum atomic E-state index is -3.98. The lowest BCUT2D eigenvalue weighted by molar-refractivity contribution is -0.121. The van der Waals surface area contributed by atoms with Crippen molar-refractivity contribution in [3.8, 4) is 0 Å². The quantitative estimate of drug-likeness (QED) is 0.348. The maximum Gasteiger partial charge on any atom is 0.247 e. The first kappa shape index (κ1) is 23.7. The molecule has 0 radical (unpaired) electrons. The standard InChI is InChI=1S/C25H24FN3O4S2/c1-2-17-7-12-21-23(15-17)34-25(27-21)28(16-19-5-4-14-33-19)24(30)22-6-3-13-29(22)35(31,32)20-10-8-18(26)9-11-20/h4-5,7-12,14-15,22H,2-3,6,13,16H2,1H3. The van der Waals surface area contributed by atoms with Crippen molar-refractivity contribution < 1.29 is 22.0 Å². The minimum absolute atomic E-state index is 0.0386. The van der Waals surface area contributed by atoms with Gasteiger partial charge >= 0.3 is 0 Å². The molecule has 4 aromatic rings. The van der Waals surface area contributed by atoms with Gasteiger partial charge in [0.2, 0.25) is 15.9 Å². The number of fused-ring (bicyclic) bond motifs is 1. The third-order valence-corrected chi connectivity index (χ3v) is 9.11. The van der Waals surface area contributed by atoms with Crippen molar-refractivity contribution in [2.24, 2.45) is 0 Å². The molecule has 5 rings (SSSR count). The van der Waals surface area contributed by atoms with E-state index in [1.165, 1.54) is 44.5 Å². The second-order valence-corrected chi connectivity index (χ2v) is 11.3. The number of carbonyl (C=O) groups excluding carboxylic acids is 1. The highest BCUT2D eigenvalue weighted by Crippen LogP contribution is 2.34. The number of hydrogen-bond acceptors (Lipinski definition) is 6. The number of thiazole rings is 1. The first-order valence-corrected chi connectivity index (χ1v) is 13.6. The third-order valence-electron chi connectivity index (χ3n) is 6.15. The van der Waals surface area contributed by atoms with E-state index in [9.17, 15) is 17.6 Å². The maximum absolute atomic E-state index is 13.9. The molecule has 35 heavy (non-hydrogen) atoms. The van der Waals surface area contributed by atoms with Gasteiger partial charge in [0.1, 0.15) is 17.6 Å². The average Bonchev–Trinajstić information content (AvgIpc) is 3.62. The molecule has 1 amide bonds. The highest BCUT2D eigenvalue weighted by molar-refractivity contribution is 7.89. The van der Waals surface area contributed by atoms with Crippen molar-refractivity contribution in [3.63, 3.8) is 0 Å². The third kappa shape index (κ3) is 4.61. The molecule has 7 nitrogen and oxygen atoms in total. The van der Waals surface area contributed by atoms with Gasteiger partial charge in [-0.2, -0.15) is 4.31 Å². The van der Waals surface area contributed by atoms with Crippen LogP contribution in [0.25, 0.3) is 10.2 Å². The van der Waals surface area contributed by atoms with Crippen LogP contribution in [0.4, 0.5) is 9.52 Å². The van der Waals surface area contributed by atoms with Gasteiger partial charge in [0.15, 0.2) is 5.13 Å². The number of benzene rings is 2. The zero-order chi connectivity index (χ0) is 24.6. The van der Waals surface area contributed by atoms with E-state index in [0.29, 0.717) is 23.7 Å². The van der Waals surface area contributed by atoms with Crippen LogP contribution in [0, 0.1) is 5.82 Å². The fraction of sp³-hybridized carbons (Fsp3) is 0.280. The van der Waals surface area contributed by atoms with Crippen molar-refractivity contribution >= 4 is 42.6 Å². The topological polar surface area (TPSA) is 83.7 Å². The van der Waals surface area contributed by atoms with E-state index in [1.807, 2.05) is 12.1 Å². The summed E-state index contributed by atoms with van der Waals surface area (Å²) in [5.41, 5.74) is 1.95. The van der Waals surface area contributed by atoms with Crippen LogP contribution in [0.3, 0.4) is 0 Å². The molecule has 1 aliphatic rings. The molecule has 1 fully saturated rings. The molecular formula is C25H24FN3O4S2. The molecule has 0 saturated carbocycles. The maximum atomic E-state index is 13.9. The first-order chi connectivity index (χ1) is 16.9. The Morgan fingerprint density at radius 2 is 2.03 bits per heavy atom. The van der Waals surface area contributed by atoms with E-state index in [-0.39, 0.29) is 23.9 Å². The summed E-state index contributed by atoms with van der Waals surface area (Å²) < 4.78 is 47.8. The van der Waals surface area contributed by atoms with Crippen LogP contribution in [0.2, 0.25) is 0 Å². The molecule has 1 atom stereocenters. The van der Waals surface area contributed by atoms with Crippen LogP contribution in [-0.4, -0.2) is 36.2 Å². The van der Waals surface area contributed by atoms with Crippen LogP contribution in [0.1, 0.15) is 31.1 Å². The van der Waals surface area contributed by atoms with Gasteiger partial charge in [-0.25, -0.2) is 17.8 Å². The lowest BCUT2D eigenvalue weighted by Crippen LogP contribution is -2.47. The predicted octanol–water partition coefficient (Wildman–Crippen LogP) is 4.98. The zero-order valence-corrected chi connectivity index (χ0v) is 20.7. The Balaban J connectivity index is 1.51. The normalized spacial score (nSPS) is 16.7. The van der Waals surface area contributed by atoms with Crippen molar-refractivity contribution in [2.75, 3.05) is 11.4 Å². The molecule has 0 spiro atoms. The zero-order valence-electron chi connectivity index (χ0n) is 19.1. The number of halogens is 1. The number of amides is 1. The lowest BCUT2D eigenvalue weighted by Gasteiger charge is -2.28. The van der Waals surface area contributed by atoms with Crippen molar-refractivity contribution in [3.05, 3.63) is 78.0 Å². The van der Waals surface area contributed by atoms with Crippen molar-refractivity contribution in [1.82, 2.24) is 9.29 Å². The molecule has 1 aliphatic heterocycles. The average molecular weight is 514 g/mol. The minimum Gasteiger partial charge on any atom is -0.467 e. The van der Waals surface area contributed by atoms with Gasteiger partial charge in [-0.1, -0.05) is 24.3 Å². The number of anilines is 1. The Morgan fingerprint density at radius 3 is 2.74 bits per heavy atom. The van der Waals surface area contributed by atoms with Crippen LogP contribution in [-0.2, 0) is 27.8 Å². The van der Waals surface area contributed by atoms with Gasteiger partial charge < -0.3 is 4.42 Å². The van der Waals surface area contributed by atoms with E-state index in [0.717, 1.165) is 28.8 Å². The monoisotopic (exact) mass is 513 g/mol. The van der Waals surface area contributed by atoms with Crippen LogP contribution in [0.5, 0.6) is 0 Å². The summed E-state index contributed by atoms with van der Waals surface area (Å²) in [5.74, 6) is -0.318. The molecule has 3 heterocycles. The van der Waals surface area contributed by atoms with Crippen LogP contribution >= 0.6 is 11.3 Å². The van der Waals surface area contributed by atoms with Crippen molar-refractivity contribution in [2.45, 2.75) is 43.7 Å². The summed E-state index contributed by atoms with van der Waals surface area (Å²) in [6, 6.07) is 13.3. The van der Waals surface area contributed by atoms with Gasteiger partial charge in [0, 0.05) is 6.54 Å². The predicted molar refractivity (Wildman–Crippen MR) is 132 cm³/mol. The molecule has 1 unspecified atom stereocenters. The molecular weight excluding hydrogens is 489 g/mol. The molecule has 2 aromatic heterocycles. The number of rotatable bonds is 7. The highest BCUT2D eigenvalue weighted by atomic mass is 32.2. The van der Waals surface area contributed by atoms with Crippen LogP contribution < -0.4 is 4.90 Å². The molecule has 2 aromatic carbocycles. The Bertz CT molecular complexity index is 1450. The number of furan rings is 1. The fourth-order valence-corrected chi connectivity index (χ4v) is 6.97.